The Morgan fingerprint density at radius 1 is 1.21 bits per heavy atom. The minimum atomic E-state index is -3.38. The van der Waals surface area contributed by atoms with Gasteiger partial charge in [-0.3, -0.25) is 4.99 Å². The third-order valence-corrected chi connectivity index (χ3v) is 8.20. The van der Waals surface area contributed by atoms with Crippen LogP contribution >= 0.6 is 11.3 Å². The Labute approximate surface area is 178 Å². The van der Waals surface area contributed by atoms with Crippen LogP contribution in [0.4, 0.5) is 0 Å². The molecule has 1 aliphatic rings. The quantitative estimate of drug-likeness (QED) is 0.538. The van der Waals surface area contributed by atoms with Crippen LogP contribution in [0.25, 0.3) is 0 Å². The highest BCUT2D eigenvalue weighted by Gasteiger charge is 2.29. The molecule has 0 amide bonds. The van der Waals surface area contributed by atoms with Crippen LogP contribution in [0.5, 0.6) is 0 Å². The second-order valence-corrected chi connectivity index (χ2v) is 10.3. The lowest BCUT2D eigenvalue weighted by Gasteiger charge is -2.32. The first-order valence-electron chi connectivity index (χ1n) is 10.00. The Morgan fingerprint density at radius 3 is 2.55 bits per heavy atom. The molecule has 0 unspecified atom stereocenters. The smallest absolute Gasteiger partial charge is 0.243 e. The molecule has 1 aromatic heterocycles. The molecular formula is C21H30N4O2S2. The topological polar surface area (TPSA) is 65.0 Å². The minimum absolute atomic E-state index is 0.379. The fraction of sp³-hybridized carbons (Fsp3) is 0.476. The van der Waals surface area contributed by atoms with E-state index in [-0.39, 0.29) is 0 Å². The van der Waals surface area contributed by atoms with Crippen molar-refractivity contribution in [3.63, 3.8) is 0 Å². The predicted octanol–water partition coefficient (Wildman–Crippen LogP) is 2.90. The molecule has 0 radical (unpaired) electrons. The van der Waals surface area contributed by atoms with Crippen LogP contribution in [0, 0.1) is 5.92 Å². The van der Waals surface area contributed by atoms with Gasteiger partial charge in [0.1, 0.15) is 0 Å². The molecule has 1 aliphatic heterocycles. The number of hydrogen-bond acceptors (Lipinski definition) is 4. The molecule has 1 saturated heterocycles. The Morgan fingerprint density at radius 2 is 1.93 bits per heavy atom. The number of thiophene rings is 1. The van der Waals surface area contributed by atoms with Gasteiger partial charge >= 0.3 is 0 Å². The lowest BCUT2D eigenvalue weighted by molar-refractivity contribution is 0.272. The molecule has 0 saturated carbocycles. The van der Waals surface area contributed by atoms with E-state index in [4.69, 9.17) is 0 Å². The van der Waals surface area contributed by atoms with Crippen molar-refractivity contribution in [3.05, 3.63) is 52.7 Å². The number of rotatable bonds is 7. The molecule has 29 heavy (non-hydrogen) atoms. The molecule has 0 spiro atoms. The van der Waals surface area contributed by atoms with Crippen molar-refractivity contribution in [2.75, 3.05) is 40.3 Å². The van der Waals surface area contributed by atoms with E-state index in [2.05, 4.69) is 39.8 Å². The molecule has 2 aromatic rings. The summed E-state index contributed by atoms with van der Waals surface area (Å²) >= 11 is 1.78. The van der Waals surface area contributed by atoms with Crippen molar-refractivity contribution in [2.45, 2.75) is 24.2 Å². The van der Waals surface area contributed by atoms with Crippen molar-refractivity contribution in [1.29, 1.82) is 0 Å². The Kier molecular flexibility index (Phi) is 7.69. The molecule has 1 fully saturated rings. The first-order valence-corrected chi connectivity index (χ1v) is 12.3. The van der Waals surface area contributed by atoms with E-state index in [0.29, 0.717) is 23.9 Å². The van der Waals surface area contributed by atoms with Crippen LogP contribution in [-0.2, 0) is 16.4 Å². The summed E-state index contributed by atoms with van der Waals surface area (Å²) in [5.41, 5.74) is 0. The third-order valence-electron chi connectivity index (χ3n) is 5.35. The largest absolute Gasteiger partial charge is 0.356 e. The highest BCUT2D eigenvalue weighted by Crippen LogP contribution is 2.23. The van der Waals surface area contributed by atoms with Gasteiger partial charge in [0, 0.05) is 45.2 Å². The molecule has 158 valence electrons. The molecule has 2 heterocycles. The normalized spacial score (nSPS) is 16.7. The van der Waals surface area contributed by atoms with Gasteiger partial charge in [-0.15, -0.1) is 11.3 Å². The summed E-state index contributed by atoms with van der Waals surface area (Å²) in [7, 11) is 0.476. The summed E-state index contributed by atoms with van der Waals surface area (Å²) in [6, 6.07) is 12.9. The molecular weight excluding hydrogens is 404 g/mol. The van der Waals surface area contributed by atoms with Gasteiger partial charge in [0.05, 0.1) is 4.90 Å². The number of sulfonamides is 1. The maximum Gasteiger partial charge on any atom is 0.243 e. The zero-order valence-corrected chi connectivity index (χ0v) is 18.8. The summed E-state index contributed by atoms with van der Waals surface area (Å²) in [5.74, 6) is 1.33. The molecule has 1 aromatic carbocycles. The fourth-order valence-electron chi connectivity index (χ4n) is 3.55. The highest BCUT2D eigenvalue weighted by molar-refractivity contribution is 7.89. The van der Waals surface area contributed by atoms with Gasteiger partial charge in [-0.05, 0) is 48.8 Å². The van der Waals surface area contributed by atoms with E-state index >= 15 is 0 Å². The van der Waals surface area contributed by atoms with Crippen molar-refractivity contribution in [2.24, 2.45) is 10.9 Å². The number of guanidine groups is 1. The van der Waals surface area contributed by atoms with Crippen LogP contribution in [0.3, 0.4) is 0 Å². The van der Waals surface area contributed by atoms with Gasteiger partial charge in [0.25, 0.3) is 0 Å². The Bertz CT molecular complexity index is 875. The van der Waals surface area contributed by atoms with Gasteiger partial charge < -0.3 is 10.2 Å². The lowest BCUT2D eigenvalue weighted by Crippen LogP contribution is -2.45. The van der Waals surface area contributed by atoms with Crippen molar-refractivity contribution < 1.29 is 8.42 Å². The second kappa shape index (κ2) is 10.2. The van der Waals surface area contributed by atoms with E-state index in [9.17, 15) is 8.42 Å². The number of piperidine rings is 1. The molecule has 8 heteroatoms. The maximum absolute atomic E-state index is 12.8. The summed E-state index contributed by atoms with van der Waals surface area (Å²) in [4.78, 5) is 8.30. The van der Waals surface area contributed by atoms with Crippen LogP contribution in [0.1, 0.15) is 17.7 Å². The Balaban J connectivity index is 1.45. The van der Waals surface area contributed by atoms with E-state index in [0.717, 1.165) is 38.3 Å². The highest BCUT2D eigenvalue weighted by atomic mass is 32.2. The number of hydrogen-bond donors (Lipinski definition) is 1. The molecule has 0 atom stereocenters. The first kappa shape index (κ1) is 21.8. The zero-order chi connectivity index (χ0) is 20.7. The molecule has 6 nitrogen and oxygen atoms in total. The zero-order valence-electron chi connectivity index (χ0n) is 17.1. The summed E-state index contributed by atoms with van der Waals surface area (Å²) in [6.07, 6.45) is 2.72. The van der Waals surface area contributed by atoms with Crippen LogP contribution < -0.4 is 5.32 Å². The van der Waals surface area contributed by atoms with E-state index < -0.39 is 10.0 Å². The van der Waals surface area contributed by atoms with Crippen molar-refractivity contribution in [1.82, 2.24) is 14.5 Å². The predicted molar refractivity (Wildman–Crippen MR) is 120 cm³/mol. The van der Waals surface area contributed by atoms with Gasteiger partial charge in [-0.2, -0.15) is 4.31 Å². The molecule has 1 N–H and O–H groups in total. The van der Waals surface area contributed by atoms with Crippen LogP contribution in [0.2, 0.25) is 0 Å². The summed E-state index contributed by atoms with van der Waals surface area (Å²) in [6.45, 7) is 2.86. The maximum atomic E-state index is 12.8. The number of aliphatic imine (C=N–C) groups is 1. The molecule has 3 rings (SSSR count). The van der Waals surface area contributed by atoms with Crippen molar-refractivity contribution in [3.8, 4) is 0 Å². The van der Waals surface area contributed by atoms with E-state index in [1.165, 1.54) is 4.88 Å². The summed E-state index contributed by atoms with van der Waals surface area (Å²) < 4.78 is 27.1. The van der Waals surface area contributed by atoms with E-state index in [1.807, 2.05) is 6.07 Å². The number of likely N-dealkylation sites (N-methyl/N-ethyl adjacent to an activating group) is 1. The van der Waals surface area contributed by atoms with Crippen LogP contribution in [-0.4, -0.2) is 63.9 Å². The minimum Gasteiger partial charge on any atom is -0.356 e. The van der Waals surface area contributed by atoms with Crippen LogP contribution in [0.15, 0.2) is 57.7 Å². The van der Waals surface area contributed by atoms with Gasteiger partial charge in [0.15, 0.2) is 5.96 Å². The second-order valence-electron chi connectivity index (χ2n) is 7.34. The number of nitrogens with one attached hydrogen (secondary N) is 1. The molecule has 0 aliphatic carbocycles. The SMILES string of the molecule is CN=C(NCC1CCN(S(=O)(=O)c2ccccc2)CC1)N(C)CCc1cccs1. The number of benzene rings is 1. The van der Waals surface area contributed by atoms with Gasteiger partial charge in [-0.1, -0.05) is 24.3 Å². The fourth-order valence-corrected chi connectivity index (χ4v) is 5.74. The van der Waals surface area contributed by atoms with Gasteiger partial charge in [-0.25, -0.2) is 8.42 Å². The lowest BCUT2D eigenvalue weighted by atomic mass is 9.98. The third kappa shape index (κ3) is 5.81. The Hall–Kier alpha value is -1.90. The average molecular weight is 435 g/mol. The van der Waals surface area contributed by atoms with Gasteiger partial charge in [0.2, 0.25) is 10.0 Å². The van der Waals surface area contributed by atoms with E-state index in [1.54, 1.807) is 47.0 Å². The average Bonchev–Trinajstić information content (AvgIpc) is 3.27. The summed E-state index contributed by atoms with van der Waals surface area (Å²) in [5, 5.41) is 5.57. The molecule has 0 bridgehead atoms. The van der Waals surface area contributed by atoms with Crippen molar-refractivity contribution >= 4 is 27.3 Å². The monoisotopic (exact) mass is 434 g/mol. The first-order chi connectivity index (χ1) is 14.0. The number of nitrogens with zero attached hydrogens (tertiary/aromatic N) is 3. The standard InChI is InChI=1S/C21H30N4O2S2/c1-22-21(24(2)13-12-19-7-6-16-28-19)23-17-18-10-14-25(15-11-18)29(26,27)20-8-4-3-5-9-20/h3-9,16,18H,10-15,17H2,1-2H3,(H,22,23).